The smallest absolute Gasteiger partial charge is 0.223 e. The van der Waals surface area contributed by atoms with Gasteiger partial charge >= 0.3 is 0 Å². The van der Waals surface area contributed by atoms with Crippen LogP contribution in [0.2, 0.25) is 0 Å². The van der Waals surface area contributed by atoms with Gasteiger partial charge in [-0.05, 0) is 12.8 Å². The summed E-state index contributed by atoms with van der Waals surface area (Å²) in [6.45, 7) is 5.48. The van der Waals surface area contributed by atoms with E-state index in [1.165, 1.54) is 0 Å². The number of likely N-dealkylation sites (tertiary alicyclic amines) is 1. The van der Waals surface area contributed by atoms with Gasteiger partial charge in [-0.3, -0.25) is 4.79 Å². The molecule has 0 unspecified atom stereocenters. The van der Waals surface area contributed by atoms with Crippen molar-refractivity contribution in [2.24, 2.45) is 0 Å². The van der Waals surface area contributed by atoms with E-state index in [1.807, 2.05) is 4.90 Å². The molecule has 0 aromatic carbocycles. The van der Waals surface area contributed by atoms with Crippen LogP contribution in [0.4, 0.5) is 0 Å². The molecular weight excluding hydrogens is 162 g/mol. The summed E-state index contributed by atoms with van der Waals surface area (Å²) < 4.78 is 0. The van der Waals surface area contributed by atoms with Crippen LogP contribution in [0.3, 0.4) is 0 Å². The van der Waals surface area contributed by atoms with E-state index in [2.05, 4.69) is 12.5 Å². The molecule has 13 heavy (non-hydrogen) atoms. The molecule has 1 saturated heterocycles. The first-order valence-electron chi connectivity index (χ1n) is 4.62. The van der Waals surface area contributed by atoms with Gasteiger partial charge in [0.2, 0.25) is 5.91 Å². The number of hydrogen-bond acceptors (Lipinski definition) is 1. The van der Waals surface area contributed by atoms with Crippen molar-refractivity contribution in [3.8, 4) is 12.3 Å². The van der Waals surface area contributed by atoms with Gasteiger partial charge in [0.1, 0.15) is 0 Å². The summed E-state index contributed by atoms with van der Waals surface area (Å²) >= 11 is 0. The Labute approximate surface area is 79.6 Å². The number of hydrogen-bond donors (Lipinski definition) is 0. The third-order valence-corrected chi connectivity index (χ3v) is 2.21. The van der Waals surface area contributed by atoms with Crippen molar-refractivity contribution < 1.29 is 4.79 Å². The molecule has 1 aliphatic heterocycles. The molecule has 1 rings (SSSR count). The largest absolute Gasteiger partial charge is 0.339 e. The van der Waals surface area contributed by atoms with Crippen LogP contribution in [0.15, 0.2) is 12.2 Å². The second-order valence-electron chi connectivity index (χ2n) is 3.37. The van der Waals surface area contributed by atoms with Crippen molar-refractivity contribution in [2.75, 3.05) is 13.1 Å². The molecule has 0 N–H and O–H groups in total. The molecule has 0 aromatic heterocycles. The average molecular weight is 177 g/mol. The van der Waals surface area contributed by atoms with E-state index in [0.717, 1.165) is 31.5 Å². The highest BCUT2D eigenvalue weighted by molar-refractivity contribution is 5.76. The summed E-state index contributed by atoms with van der Waals surface area (Å²) in [5.41, 5.74) is 1.15. The van der Waals surface area contributed by atoms with Gasteiger partial charge in [-0.2, -0.15) is 0 Å². The van der Waals surface area contributed by atoms with E-state index < -0.39 is 0 Å². The lowest BCUT2D eigenvalue weighted by Crippen LogP contribution is -2.36. The Morgan fingerprint density at radius 2 is 2.46 bits per heavy atom. The van der Waals surface area contributed by atoms with Crippen LogP contribution in [-0.2, 0) is 4.79 Å². The zero-order chi connectivity index (χ0) is 9.68. The van der Waals surface area contributed by atoms with E-state index in [0.29, 0.717) is 12.8 Å². The van der Waals surface area contributed by atoms with Crippen LogP contribution in [0, 0.1) is 12.3 Å². The molecule has 0 saturated carbocycles. The van der Waals surface area contributed by atoms with Gasteiger partial charge in [0.15, 0.2) is 0 Å². The minimum atomic E-state index is 0.166. The molecule has 1 fully saturated rings. The maximum absolute atomic E-state index is 11.5. The van der Waals surface area contributed by atoms with Gasteiger partial charge in [0, 0.05) is 25.9 Å². The first-order chi connectivity index (χ1) is 6.24. The second-order valence-corrected chi connectivity index (χ2v) is 3.37. The Bertz CT molecular complexity index is 249. The van der Waals surface area contributed by atoms with Gasteiger partial charge in [-0.25, -0.2) is 0 Å². The fourth-order valence-corrected chi connectivity index (χ4v) is 1.50. The molecule has 70 valence electrons. The Balaban J connectivity index is 2.38. The van der Waals surface area contributed by atoms with Crippen molar-refractivity contribution in [1.29, 1.82) is 0 Å². The molecule has 2 heteroatoms. The standard InChI is InChI=1S/C11H15NO/c1-3-4-7-11(13)12-8-5-6-10(2)9-12/h1H,2,4-9H2. The van der Waals surface area contributed by atoms with Crippen LogP contribution in [-0.4, -0.2) is 23.9 Å². The third kappa shape index (κ3) is 2.95. The maximum atomic E-state index is 11.5. The van der Waals surface area contributed by atoms with E-state index in [1.54, 1.807) is 0 Å². The fraction of sp³-hybridized carbons (Fsp3) is 0.545. The summed E-state index contributed by atoms with van der Waals surface area (Å²) in [6.07, 6.45) is 8.21. The molecule has 0 spiro atoms. The molecule has 1 amide bonds. The fourth-order valence-electron chi connectivity index (χ4n) is 1.50. The SMILES string of the molecule is C#CCCC(=O)N1CCCC(=C)C1. The van der Waals surface area contributed by atoms with Crippen LogP contribution in [0.5, 0.6) is 0 Å². The molecule has 1 aliphatic rings. The van der Waals surface area contributed by atoms with Crippen molar-refractivity contribution in [3.05, 3.63) is 12.2 Å². The number of carbonyl (C=O) groups is 1. The summed E-state index contributed by atoms with van der Waals surface area (Å²) in [5.74, 6) is 2.64. The summed E-state index contributed by atoms with van der Waals surface area (Å²) in [7, 11) is 0. The first kappa shape index (κ1) is 9.85. The van der Waals surface area contributed by atoms with Crippen molar-refractivity contribution in [2.45, 2.75) is 25.7 Å². The van der Waals surface area contributed by atoms with E-state index in [4.69, 9.17) is 6.42 Å². The second kappa shape index (κ2) is 4.71. The van der Waals surface area contributed by atoms with Gasteiger partial charge in [0.25, 0.3) is 0 Å². The zero-order valence-corrected chi connectivity index (χ0v) is 7.88. The highest BCUT2D eigenvalue weighted by Crippen LogP contribution is 2.14. The predicted octanol–water partition coefficient (Wildman–Crippen LogP) is 1.58. The van der Waals surface area contributed by atoms with Crippen molar-refractivity contribution >= 4 is 5.91 Å². The lowest BCUT2D eigenvalue weighted by atomic mass is 10.1. The number of piperidine rings is 1. The van der Waals surface area contributed by atoms with Gasteiger partial charge in [-0.1, -0.05) is 12.2 Å². The third-order valence-electron chi connectivity index (χ3n) is 2.21. The predicted molar refractivity (Wildman–Crippen MR) is 53.0 cm³/mol. The highest BCUT2D eigenvalue weighted by atomic mass is 16.2. The minimum absolute atomic E-state index is 0.166. The monoisotopic (exact) mass is 177 g/mol. The zero-order valence-electron chi connectivity index (χ0n) is 7.88. The lowest BCUT2D eigenvalue weighted by molar-refractivity contribution is -0.131. The molecule has 0 atom stereocenters. The van der Waals surface area contributed by atoms with E-state index >= 15 is 0 Å². The van der Waals surface area contributed by atoms with Crippen LogP contribution < -0.4 is 0 Å². The average Bonchev–Trinajstić information content (AvgIpc) is 2.14. The lowest BCUT2D eigenvalue weighted by Gasteiger charge is -2.28. The number of nitrogens with zero attached hydrogens (tertiary/aromatic N) is 1. The molecule has 0 radical (unpaired) electrons. The Hall–Kier alpha value is -1.23. The summed E-state index contributed by atoms with van der Waals surface area (Å²) in [5, 5.41) is 0. The van der Waals surface area contributed by atoms with Crippen LogP contribution in [0.25, 0.3) is 0 Å². The topological polar surface area (TPSA) is 20.3 Å². The van der Waals surface area contributed by atoms with Gasteiger partial charge in [0.05, 0.1) is 0 Å². The molecule has 0 aliphatic carbocycles. The Kier molecular flexibility index (Phi) is 3.57. The van der Waals surface area contributed by atoms with Gasteiger partial charge < -0.3 is 4.90 Å². The minimum Gasteiger partial charge on any atom is -0.339 e. The van der Waals surface area contributed by atoms with Crippen molar-refractivity contribution in [1.82, 2.24) is 4.90 Å². The maximum Gasteiger partial charge on any atom is 0.223 e. The number of amides is 1. The van der Waals surface area contributed by atoms with Gasteiger partial charge in [-0.15, -0.1) is 12.3 Å². The van der Waals surface area contributed by atoms with E-state index in [9.17, 15) is 4.79 Å². The molecule has 1 heterocycles. The molecule has 2 nitrogen and oxygen atoms in total. The summed E-state index contributed by atoms with van der Waals surface area (Å²) in [4.78, 5) is 13.3. The number of carbonyl (C=O) groups excluding carboxylic acids is 1. The highest BCUT2D eigenvalue weighted by Gasteiger charge is 2.17. The molecule has 0 aromatic rings. The first-order valence-corrected chi connectivity index (χ1v) is 4.62. The van der Waals surface area contributed by atoms with Crippen LogP contribution in [0.1, 0.15) is 25.7 Å². The normalized spacial score (nSPS) is 16.8. The van der Waals surface area contributed by atoms with Crippen LogP contribution >= 0.6 is 0 Å². The van der Waals surface area contributed by atoms with E-state index in [-0.39, 0.29) is 5.91 Å². The molecular formula is C11H15NO. The van der Waals surface area contributed by atoms with Crippen molar-refractivity contribution in [3.63, 3.8) is 0 Å². The number of rotatable bonds is 2. The Morgan fingerprint density at radius 1 is 1.69 bits per heavy atom. The molecule has 0 bridgehead atoms. The number of terminal acetylenes is 1. The Morgan fingerprint density at radius 3 is 3.08 bits per heavy atom. The summed E-state index contributed by atoms with van der Waals surface area (Å²) in [6, 6.07) is 0. The quantitative estimate of drug-likeness (QED) is 0.463.